The zero-order chi connectivity index (χ0) is 25.5. The van der Waals surface area contributed by atoms with Crippen LogP contribution in [0.15, 0.2) is 42.5 Å². The second-order valence-electron chi connectivity index (χ2n) is 8.13. The molecule has 10 nitrogen and oxygen atoms in total. The largest absolute Gasteiger partial charge is 0.497 e. The Balaban J connectivity index is 1.58. The normalized spacial score (nSPS) is 12.5. The van der Waals surface area contributed by atoms with E-state index < -0.39 is 29.8 Å². The molecule has 2 aromatic carbocycles. The van der Waals surface area contributed by atoms with Crippen LogP contribution in [0, 0.1) is 5.92 Å². The number of anilines is 1. The van der Waals surface area contributed by atoms with E-state index in [1.54, 1.807) is 39.0 Å². The van der Waals surface area contributed by atoms with E-state index in [0.29, 0.717) is 16.6 Å². The van der Waals surface area contributed by atoms with Crippen molar-refractivity contribution in [3.8, 4) is 11.5 Å². The van der Waals surface area contributed by atoms with E-state index in [2.05, 4.69) is 26.5 Å². The van der Waals surface area contributed by atoms with E-state index >= 15 is 0 Å². The number of ether oxygens (including phenoxy) is 2. The average molecular weight is 500 g/mol. The lowest BCUT2D eigenvalue weighted by Crippen LogP contribution is -2.56. The molecule has 0 spiro atoms. The Labute approximate surface area is 207 Å². The number of hydrazine groups is 1. The summed E-state index contributed by atoms with van der Waals surface area (Å²) in [4.78, 5) is 42.6. The van der Waals surface area contributed by atoms with Gasteiger partial charge in [0, 0.05) is 11.6 Å². The van der Waals surface area contributed by atoms with Gasteiger partial charge in [-0.3, -0.25) is 25.2 Å². The molecule has 0 aliphatic rings. The van der Waals surface area contributed by atoms with Crippen molar-refractivity contribution in [2.75, 3.05) is 19.5 Å². The smallest absolute Gasteiger partial charge is 0.261 e. The highest BCUT2D eigenvalue weighted by molar-refractivity contribution is 7.22. The van der Waals surface area contributed by atoms with Gasteiger partial charge in [0.2, 0.25) is 0 Å². The molecule has 2 atom stereocenters. The Bertz CT molecular complexity index is 1160. The van der Waals surface area contributed by atoms with E-state index in [9.17, 15) is 14.4 Å². The third-order valence-electron chi connectivity index (χ3n) is 5.19. The molecule has 3 amide bonds. The first-order chi connectivity index (χ1) is 16.7. The minimum Gasteiger partial charge on any atom is -0.497 e. The molecule has 3 rings (SSSR count). The zero-order valence-electron chi connectivity index (χ0n) is 20.2. The average Bonchev–Trinajstić information content (AvgIpc) is 3.26. The fourth-order valence-electron chi connectivity index (χ4n) is 3.19. The summed E-state index contributed by atoms with van der Waals surface area (Å²) in [5.74, 6) is -0.841. The predicted molar refractivity (Wildman–Crippen MR) is 135 cm³/mol. The van der Waals surface area contributed by atoms with Crippen molar-refractivity contribution in [1.82, 2.24) is 21.2 Å². The number of thiazole rings is 1. The molecule has 35 heavy (non-hydrogen) atoms. The molecule has 1 unspecified atom stereocenters. The lowest BCUT2D eigenvalue weighted by atomic mass is 10.0. The highest BCUT2D eigenvalue weighted by Crippen LogP contribution is 2.26. The summed E-state index contributed by atoms with van der Waals surface area (Å²) >= 11 is 1.43. The molecule has 4 N–H and O–H groups in total. The van der Waals surface area contributed by atoms with E-state index in [4.69, 9.17) is 9.47 Å². The molecule has 0 aliphatic heterocycles. The van der Waals surface area contributed by atoms with Crippen LogP contribution < -0.4 is 31.0 Å². The molecular weight excluding hydrogens is 470 g/mol. The molecular formula is C24H29N5O5S. The molecule has 0 aliphatic carbocycles. The number of hydrogen-bond acceptors (Lipinski definition) is 8. The first-order valence-corrected chi connectivity index (χ1v) is 11.8. The van der Waals surface area contributed by atoms with Crippen LogP contribution in [0.4, 0.5) is 5.13 Å². The Morgan fingerprint density at radius 2 is 1.54 bits per heavy atom. The topological polar surface area (TPSA) is 131 Å². The number of nitrogens with one attached hydrogen (secondary N) is 4. The van der Waals surface area contributed by atoms with E-state index in [1.165, 1.54) is 25.6 Å². The SMILES string of the molecule is COc1cc(OC)cc(C(=O)N[C@H](C(=O)NNC(=O)C(C)Nc2nc3ccccc3s2)C(C)C)c1. The highest BCUT2D eigenvalue weighted by atomic mass is 32.1. The maximum absolute atomic E-state index is 12.8. The first kappa shape index (κ1) is 25.8. The summed E-state index contributed by atoms with van der Waals surface area (Å²) in [7, 11) is 2.96. The van der Waals surface area contributed by atoms with Gasteiger partial charge in [-0.05, 0) is 37.1 Å². The van der Waals surface area contributed by atoms with Crippen LogP contribution in [-0.4, -0.2) is 49.0 Å². The fraction of sp³-hybridized carbons (Fsp3) is 0.333. The summed E-state index contributed by atoms with van der Waals surface area (Å²) < 4.78 is 11.4. The standard InChI is InChI=1S/C24H29N5O5S/c1-13(2)20(27-22(31)15-10-16(33-4)12-17(11-15)34-5)23(32)29-28-21(30)14(3)25-24-26-18-8-6-7-9-19(18)35-24/h6-14,20H,1-5H3,(H,25,26)(H,27,31)(H,28,30)(H,29,32)/t14?,20-/m0/s1. The summed E-state index contributed by atoms with van der Waals surface area (Å²) in [6, 6.07) is 10.8. The van der Waals surface area contributed by atoms with Gasteiger partial charge in [-0.25, -0.2) is 4.98 Å². The number of amides is 3. The number of fused-ring (bicyclic) bond motifs is 1. The summed E-state index contributed by atoms with van der Waals surface area (Å²) in [5, 5.41) is 6.34. The van der Waals surface area contributed by atoms with Gasteiger partial charge in [0.1, 0.15) is 23.6 Å². The molecule has 0 bridgehead atoms. The fourth-order valence-corrected chi connectivity index (χ4v) is 4.14. The van der Waals surface area contributed by atoms with E-state index in [0.717, 1.165) is 10.2 Å². The molecule has 11 heteroatoms. The summed E-state index contributed by atoms with van der Waals surface area (Å²) in [6.45, 7) is 5.23. The van der Waals surface area contributed by atoms with Gasteiger partial charge >= 0.3 is 0 Å². The van der Waals surface area contributed by atoms with Gasteiger partial charge in [0.25, 0.3) is 17.7 Å². The van der Waals surface area contributed by atoms with Crippen LogP contribution in [0.25, 0.3) is 10.2 Å². The van der Waals surface area contributed by atoms with Crippen LogP contribution in [0.1, 0.15) is 31.1 Å². The van der Waals surface area contributed by atoms with Crippen LogP contribution in [-0.2, 0) is 9.59 Å². The Kier molecular flexibility index (Phi) is 8.48. The molecule has 0 fully saturated rings. The van der Waals surface area contributed by atoms with Crippen molar-refractivity contribution in [2.24, 2.45) is 5.92 Å². The first-order valence-electron chi connectivity index (χ1n) is 11.0. The number of methoxy groups -OCH3 is 2. The van der Waals surface area contributed by atoms with Gasteiger partial charge in [0.05, 0.1) is 24.4 Å². The molecule has 0 saturated carbocycles. The van der Waals surface area contributed by atoms with Crippen LogP contribution >= 0.6 is 11.3 Å². The lowest BCUT2D eigenvalue weighted by Gasteiger charge is -2.22. The second kappa shape index (κ2) is 11.5. The van der Waals surface area contributed by atoms with Gasteiger partial charge in [-0.15, -0.1) is 0 Å². The van der Waals surface area contributed by atoms with Crippen molar-refractivity contribution in [1.29, 1.82) is 0 Å². The van der Waals surface area contributed by atoms with Gasteiger partial charge < -0.3 is 20.1 Å². The van der Waals surface area contributed by atoms with E-state index in [-0.39, 0.29) is 11.5 Å². The van der Waals surface area contributed by atoms with Crippen LogP contribution in [0.3, 0.4) is 0 Å². The van der Waals surface area contributed by atoms with Gasteiger partial charge in [-0.1, -0.05) is 37.3 Å². The quantitative estimate of drug-likeness (QED) is 0.333. The van der Waals surface area contributed by atoms with Crippen LogP contribution in [0.2, 0.25) is 0 Å². The number of benzene rings is 2. The number of hydrogen-bond donors (Lipinski definition) is 4. The molecule has 0 radical (unpaired) electrons. The number of nitrogens with zero attached hydrogens (tertiary/aromatic N) is 1. The Hall–Kier alpha value is -3.86. The number of carbonyl (C=O) groups is 3. The maximum atomic E-state index is 12.8. The molecule has 3 aromatic rings. The lowest BCUT2D eigenvalue weighted by molar-refractivity contribution is -0.130. The number of para-hydroxylation sites is 1. The highest BCUT2D eigenvalue weighted by Gasteiger charge is 2.26. The predicted octanol–water partition coefficient (Wildman–Crippen LogP) is 2.72. The number of carbonyl (C=O) groups excluding carboxylic acids is 3. The van der Waals surface area contributed by atoms with Crippen molar-refractivity contribution < 1.29 is 23.9 Å². The number of aromatic nitrogens is 1. The molecule has 186 valence electrons. The second-order valence-corrected chi connectivity index (χ2v) is 9.16. The molecule has 0 saturated heterocycles. The van der Waals surface area contributed by atoms with Crippen molar-refractivity contribution >= 4 is 44.4 Å². The minimum atomic E-state index is -0.896. The maximum Gasteiger partial charge on any atom is 0.261 e. The third-order valence-corrected chi connectivity index (χ3v) is 6.15. The van der Waals surface area contributed by atoms with Crippen molar-refractivity contribution in [2.45, 2.75) is 32.9 Å². The van der Waals surface area contributed by atoms with Crippen molar-refractivity contribution in [3.63, 3.8) is 0 Å². The third kappa shape index (κ3) is 6.60. The van der Waals surface area contributed by atoms with Gasteiger partial charge in [-0.2, -0.15) is 0 Å². The zero-order valence-corrected chi connectivity index (χ0v) is 21.0. The van der Waals surface area contributed by atoms with Gasteiger partial charge in [0.15, 0.2) is 5.13 Å². The summed E-state index contributed by atoms with van der Waals surface area (Å²) in [6.07, 6.45) is 0. The van der Waals surface area contributed by atoms with Crippen molar-refractivity contribution in [3.05, 3.63) is 48.0 Å². The van der Waals surface area contributed by atoms with Crippen LogP contribution in [0.5, 0.6) is 11.5 Å². The molecule has 1 aromatic heterocycles. The number of rotatable bonds is 9. The summed E-state index contributed by atoms with van der Waals surface area (Å²) in [5.41, 5.74) is 5.92. The Morgan fingerprint density at radius 1 is 0.914 bits per heavy atom. The minimum absolute atomic E-state index is 0.248. The molecule has 1 heterocycles. The Morgan fingerprint density at radius 3 is 2.14 bits per heavy atom. The van der Waals surface area contributed by atoms with E-state index in [1.807, 2.05) is 24.3 Å². The monoisotopic (exact) mass is 499 g/mol.